The molecule has 4 rings (SSSR count). The number of carboxylic acid groups (broad SMARTS) is 1. The summed E-state index contributed by atoms with van der Waals surface area (Å²) in [5.74, 6) is -0.860. The number of carbonyl (C=O) groups is 1. The van der Waals surface area contributed by atoms with Crippen LogP contribution in [0.2, 0.25) is 5.02 Å². The summed E-state index contributed by atoms with van der Waals surface area (Å²) >= 11 is 5.86. The first-order valence-electron chi connectivity index (χ1n) is 9.90. The SMILES string of the molecule is O=C(O)c1cncc(-c2cnc(Nc3ccc(F)c(Cl)c3)nc2NCCc2ccncc2)c1. The fourth-order valence-corrected chi connectivity index (χ4v) is 3.25. The number of rotatable bonds is 8. The molecule has 1 aromatic carbocycles. The van der Waals surface area contributed by atoms with Gasteiger partial charge in [0.15, 0.2) is 0 Å². The van der Waals surface area contributed by atoms with Gasteiger partial charge in [0.2, 0.25) is 5.95 Å². The van der Waals surface area contributed by atoms with Crippen molar-refractivity contribution < 1.29 is 14.3 Å². The molecular weight excluding hydrogens is 447 g/mol. The molecule has 0 fully saturated rings. The predicted molar refractivity (Wildman–Crippen MR) is 123 cm³/mol. The average Bonchev–Trinajstić information content (AvgIpc) is 2.82. The zero-order chi connectivity index (χ0) is 23.2. The minimum Gasteiger partial charge on any atom is -0.478 e. The molecule has 0 saturated heterocycles. The Morgan fingerprint density at radius 2 is 1.88 bits per heavy atom. The highest BCUT2D eigenvalue weighted by Crippen LogP contribution is 2.28. The minimum atomic E-state index is -1.08. The van der Waals surface area contributed by atoms with Crippen molar-refractivity contribution in [2.45, 2.75) is 6.42 Å². The molecule has 0 aliphatic heterocycles. The van der Waals surface area contributed by atoms with Crippen molar-refractivity contribution in [2.24, 2.45) is 0 Å². The number of benzene rings is 1. The lowest BCUT2D eigenvalue weighted by atomic mass is 10.1. The summed E-state index contributed by atoms with van der Waals surface area (Å²) in [6.07, 6.45) is 8.56. The topological polar surface area (TPSA) is 113 Å². The maximum Gasteiger partial charge on any atom is 0.337 e. The van der Waals surface area contributed by atoms with Gasteiger partial charge in [-0.25, -0.2) is 14.2 Å². The maximum absolute atomic E-state index is 13.5. The highest BCUT2D eigenvalue weighted by atomic mass is 35.5. The Balaban J connectivity index is 1.63. The third-order valence-corrected chi connectivity index (χ3v) is 5.01. The van der Waals surface area contributed by atoms with E-state index in [0.29, 0.717) is 29.2 Å². The van der Waals surface area contributed by atoms with E-state index in [4.69, 9.17) is 11.6 Å². The van der Waals surface area contributed by atoms with Crippen LogP contribution in [0.5, 0.6) is 0 Å². The predicted octanol–water partition coefficient (Wildman–Crippen LogP) is 4.82. The number of nitrogens with zero attached hydrogens (tertiary/aromatic N) is 4. The first-order chi connectivity index (χ1) is 16.0. The molecule has 166 valence electrons. The summed E-state index contributed by atoms with van der Waals surface area (Å²) in [5, 5.41) is 15.6. The molecule has 8 nitrogen and oxygen atoms in total. The largest absolute Gasteiger partial charge is 0.478 e. The van der Waals surface area contributed by atoms with Gasteiger partial charge in [-0.05, 0) is 48.4 Å². The summed E-state index contributed by atoms with van der Waals surface area (Å²) in [7, 11) is 0. The second-order valence-corrected chi connectivity index (χ2v) is 7.42. The second-order valence-electron chi connectivity index (χ2n) is 7.01. The van der Waals surface area contributed by atoms with Gasteiger partial charge >= 0.3 is 5.97 Å². The summed E-state index contributed by atoms with van der Waals surface area (Å²) in [5.41, 5.74) is 2.81. The van der Waals surface area contributed by atoms with Crippen LogP contribution in [0.1, 0.15) is 15.9 Å². The Morgan fingerprint density at radius 1 is 1.06 bits per heavy atom. The quantitative estimate of drug-likeness (QED) is 0.340. The third-order valence-electron chi connectivity index (χ3n) is 4.72. The summed E-state index contributed by atoms with van der Waals surface area (Å²) < 4.78 is 13.5. The number of nitrogens with one attached hydrogen (secondary N) is 2. The number of aromatic nitrogens is 4. The molecule has 0 amide bonds. The van der Waals surface area contributed by atoms with Crippen LogP contribution in [0.15, 0.2) is 67.4 Å². The molecule has 3 heterocycles. The zero-order valence-corrected chi connectivity index (χ0v) is 17.9. The molecule has 0 unspecified atom stereocenters. The standard InChI is InChI=1S/C23H18ClFN6O2/c24-19-10-17(1-2-20(19)25)30-23-29-13-18(15-9-16(22(32)33)12-27-11-15)21(31-23)28-8-5-14-3-6-26-7-4-14/h1-4,6-7,9-13H,5,8H2,(H,32,33)(H2,28,29,30,31). The Hall–Kier alpha value is -4.11. The highest BCUT2D eigenvalue weighted by molar-refractivity contribution is 6.31. The number of anilines is 3. The molecule has 0 saturated carbocycles. The van der Waals surface area contributed by atoms with Crippen LogP contribution in [-0.4, -0.2) is 37.6 Å². The summed E-state index contributed by atoms with van der Waals surface area (Å²) in [6.45, 7) is 0.557. The van der Waals surface area contributed by atoms with Gasteiger partial charge in [-0.3, -0.25) is 9.97 Å². The van der Waals surface area contributed by atoms with Crippen molar-refractivity contribution in [1.82, 2.24) is 19.9 Å². The van der Waals surface area contributed by atoms with Crippen molar-refractivity contribution in [3.05, 3.63) is 89.3 Å². The van der Waals surface area contributed by atoms with Gasteiger partial charge in [-0.1, -0.05) is 11.6 Å². The number of hydrogen-bond donors (Lipinski definition) is 3. The van der Waals surface area contributed by atoms with Crippen molar-refractivity contribution in [1.29, 1.82) is 0 Å². The molecule has 0 radical (unpaired) electrons. The van der Waals surface area contributed by atoms with Gasteiger partial charge < -0.3 is 15.7 Å². The van der Waals surface area contributed by atoms with E-state index in [2.05, 4.69) is 30.6 Å². The van der Waals surface area contributed by atoms with Gasteiger partial charge in [-0.15, -0.1) is 0 Å². The van der Waals surface area contributed by atoms with Crippen LogP contribution in [0.4, 0.5) is 21.8 Å². The van der Waals surface area contributed by atoms with E-state index >= 15 is 0 Å². The zero-order valence-electron chi connectivity index (χ0n) is 17.2. The minimum absolute atomic E-state index is 0.0242. The third kappa shape index (κ3) is 5.58. The number of carboxylic acids is 1. The lowest BCUT2D eigenvalue weighted by molar-refractivity contribution is 0.0696. The Morgan fingerprint density at radius 3 is 2.64 bits per heavy atom. The van der Waals surface area contributed by atoms with Crippen LogP contribution >= 0.6 is 11.6 Å². The van der Waals surface area contributed by atoms with Gasteiger partial charge in [-0.2, -0.15) is 4.98 Å². The smallest absolute Gasteiger partial charge is 0.337 e. The van der Waals surface area contributed by atoms with E-state index < -0.39 is 11.8 Å². The summed E-state index contributed by atoms with van der Waals surface area (Å²) in [6, 6.07) is 9.56. The number of hydrogen-bond acceptors (Lipinski definition) is 7. The fraction of sp³-hybridized carbons (Fsp3) is 0.0870. The normalized spacial score (nSPS) is 10.6. The van der Waals surface area contributed by atoms with E-state index in [1.807, 2.05) is 12.1 Å². The Kier molecular flexibility index (Phi) is 6.70. The maximum atomic E-state index is 13.5. The molecule has 33 heavy (non-hydrogen) atoms. The van der Waals surface area contributed by atoms with Crippen molar-refractivity contribution >= 4 is 35.0 Å². The van der Waals surface area contributed by atoms with Crippen molar-refractivity contribution in [3.63, 3.8) is 0 Å². The molecule has 0 aliphatic rings. The van der Waals surface area contributed by atoms with E-state index in [9.17, 15) is 14.3 Å². The van der Waals surface area contributed by atoms with E-state index in [1.165, 1.54) is 30.5 Å². The van der Waals surface area contributed by atoms with Crippen LogP contribution in [0.3, 0.4) is 0 Å². The number of halogens is 2. The lowest BCUT2D eigenvalue weighted by Crippen LogP contribution is -2.10. The molecule has 0 aliphatic carbocycles. The van der Waals surface area contributed by atoms with Gasteiger partial charge in [0.1, 0.15) is 11.6 Å². The van der Waals surface area contributed by atoms with Crippen molar-refractivity contribution in [2.75, 3.05) is 17.2 Å². The van der Waals surface area contributed by atoms with Crippen LogP contribution in [0.25, 0.3) is 11.1 Å². The molecule has 0 bridgehead atoms. The molecule has 3 aromatic heterocycles. The molecule has 4 aromatic rings. The Labute approximate surface area is 193 Å². The first kappa shape index (κ1) is 22.1. The van der Waals surface area contributed by atoms with E-state index in [1.54, 1.807) is 24.8 Å². The highest BCUT2D eigenvalue weighted by Gasteiger charge is 2.13. The fourth-order valence-electron chi connectivity index (χ4n) is 3.07. The molecule has 0 atom stereocenters. The monoisotopic (exact) mass is 464 g/mol. The van der Waals surface area contributed by atoms with Crippen molar-refractivity contribution in [3.8, 4) is 11.1 Å². The molecule has 3 N–H and O–H groups in total. The molecule has 0 spiro atoms. The van der Waals surface area contributed by atoms with Gasteiger partial charge in [0, 0.05) is 54.3 Å². The molecular formula is C23H18ClFN6O2. The summed E-state index contributed by atoms with van der Waals surface area (Å²) in [4.78, 5) is 28.3. The Bertz CT molecular complexity index is 1290. The van der Waals surface area contributed by atoms with Crippen LogP contribution in [-0.2, 0) is 6.42 Å². The van der Waals surface area contributed by atoms with Crippen LogP contribution in [0, 0.1) is 5.82 Å². The number of aromatic carboxylic acids is 1. The van der Waals surface area contributed by atoms with Gasteiger partial charge in [0.25, 0.3) is 0 Å². The lowest BCUT2D eigenvalue weighted by Gasteiger charge is -2.14. The average molecular weight is 465 g/mol. The van der Waals surface area contributed by atoms with E-state index in [0.717, 1.165) is 12.0 Å². The number of pyridine rings is 2. The first-order valence-corrected chi connectivity index (χ1v) is 10.3. The van der Waals surface area contributed by atoms with Crippen LogP contribution < -0.4 is 10.6 Å². The van der Waals surface area contributed by atoms with E-state index in [-0.39, 0.29) is 16.5 Å². The van der Waals surface area contributed by atoms with Gasteiger partial charge in [0.05, 0.1) is 10.6 Å². The second kappa shape index (κ2) is 10.0. The molecule has 10 heteroatoms.